The van der Waals surface area contributed by atoms with Crippen LogP contribution in [0.2, 0.25) is 0 Å². The number of hydrogen-bond donors (Lipinski definition) is 1. The van der Waals surface area contributed by atoms with Crippen LogP contribution in [0.4, 0.5) is 5.69 Å². The van der Waals surface area contributed by atoms with Gasteiger partial charge in [-0.3, -0.25) is 0 Å². The molecule has 0 aliphatic rings. The van der Waals surface area contributed by atoms with Crippen LogP contribution in [0.1, 0.15) is 5.56 Å². The van der Waals surface area contributed by atoms with Gasteiger partial charge < -0.3 is 10.1 Å². The maximum Gasteiger partial charge on any atom is 0.119 e. The maximum atomic E-state index is 5.19. The van der Waals surface area contributed by atoms with E-state index >= 15 is 0 Å². The molecule has 0 bridgehead atoms. The van der Waals surface area contributed by atoms with Crippen molar-refractivity contribution in [2.24, 2.45) is 0 Å². The highest BCUT2D eigenvalue weighted by Crippen LogP contribution is 2.22. The molecule has 0 radical (unpaired) electrons. The number of rotatable bonds is 4. The van der Waals surface area contributed by atoms with E-state index in [1.807, 2.05) is 42.5 Å². The SMILES string of the molecule is COc1cccc(CNc2ccccc2Br)c1. The van der Waals surface area contributed by atoms with Crippen molar-refractivity contribution in [3.05, 3.63) is 58.6 Å². The molecule has 0 unspecified atom stereocenters. The first-order chi connectivity index (χ1) is 8.29. The monoisotopic (exact) mass is 291 g/mol. The van der Waals surface area contributed by atoms with Crippen LogP contribution in [0, 0.1) is 0 Å². The number of para-hydroxylation sites is 1. The maximum absolute atomic E-state index is 5.19. The Morgan fingerprint density at radius 3 is 2.71 bits per heavy atom. The second-order valence-electron chi connectivity index (χ2n) is 3.68. The van der Waals surface area contributed by atoms with Crippen molar-refractivity contribution in [2.75, 3.05) is 12.4 Å². The number of ether oxygens (including phenoxy) is 1. The third-order valence-corrected chi connectivity index (χ3v) is 3.18. The second kappa shape index (κ2) is 5.73. The summed E-state index contributed by atoms with van der Waals surface area (Å²) in [7, 11) is 1.68. The summed E-state index contributed by atoms with van der Waals surface area (Å²) in [5.41, 5.74) is 2.29. The number of nitrogens with one attached hydrogen (secondary N) is 1. The van der Waals surface area contributed by atoms with Gasteiger partial charge in [0.2, 0.25) is 0 Å². The van der Waals surface area contributed by atoms with Crippen molar-refractivity contribution >= 4 is 21.6 Å². The highest BCUT2D eigenvalue weighted by atomic mass is 79.9. The number of benzene rings is 2. The second-order valence-corrected chi connectivity index (χ2v) is 4.54. The van der Waals surface area contributed by atoms with Crippen molar-refractivity contribution < 1.29 is 4.74 Å². The van der Waals surface area contributed by atoms with Gasteiger partial charge in [-0.15, -0.1) is 0 Å². The smallest absolute Gasteiger partial charge is 0.119 e. The minimum absolute atomic E-state index is 0.778. The van der Waals surface area contributed by atoms with Crippen molar-refractivity contribution in [3.8, 4) is 5.75 Å². The summed E-state index contributed by atoms with van der Waals surface area (Å²) in [4.78, 5) is 0. The minimum atomic E-state index is 0.778. The Hall–Kier alpha value is -1.48. The minimum Gasteiger partial charge on any atom is -0.497 e. The van der Waals surface area contributed by atoms with E-state index in [4.69, 9.17) is 4.74 Å². The first-order valence-corrected chi connectivity index (χ1v) is 6.20. The summed E-state index contributed by atoms with van der Waals surface area (Å²) < 4.78 is 6.27. The molecule has 0 aliphatic heterocycles. The molecule has 0 spiro atoms. The largest absolute Gasteiger partial charge is 0.497 e. The van der Waals surface area contributed by atoms with Crippen LogP contribution >= 0.6 is 15.9 Å². The zero-order chi connectivity index (χ0) is 12.1. The van der Waals surface area contributed by atoms with E-state index in [1.165, 1.54) is 5.56 Å². The van der Waals surface area contributed by atoms with Gasteiger partial charge in [-0.1, -0.05) is 24.3 Å². The van der Waals surface area contributed by atoms with Crippen LogP contribution in [0.15, 0.2) is 53.0 Å². The molecule has 0 saturated carbocycles. The summed E-state index contributed by atoms with van der Waals surface area (Å²) in [6.45, 7) is 0.778. The van der Waals surface area contributed by atoms with E-state index < -0.39 is 0 Å². The molecule has 0 aliphatic carbocycles. The third kappa shape index (κ3) is 3.24. The average Bonchev–Trinajstić information content (AvgIpc) is 2.38. The summed E-state index contributed by atoms with van der Waals surface area (Å²) in [5, 5.41) is 3.38. The van der Waals surface area contributed by atoms with Gasteiger partial charge >= 0.3 is 0 Å². The molecular formula is C14H14BrNO. The molecule has 2 aromatic carbocycles. The third-order valence-electron chi connectivity index (χ3n) is 2.49. The van der Waals surface area contributed by atoms with E-state index in [9.17, 15) is 0 Å². The first-order valence-electron chi connectivity index (χ1n) is 5.41. The number of anilines is 1. The standard InChI is InChI=1S/C14H14BrNO/c1-17-12-6-4-5-11(9-12)10-16-14-8-3-2-7-13(14)15/h2-9,16H,10H2,1H3. The normalized spacial score (nSPS) is 10.0. The topological polar surface area (TPSA) is 21.3 Å². The predicted molar refractivity (Wildman–Crippen MR) is 74.5 cm³/mol. The first kappa shape index (κ1) is 12.0. The average molecular weight is 292 g/mol. The Balaban J connectivity index is 2.05. The van der Waals surface area contributed by atoms with Crippen LogP contribution in [0.25, 0.3) is 0 Å². The highest BCUT2D eigenvalue weighted by Gasteiger charge is 1.99. The predicted octanol–water partition coefficient (Wildman–Crippen LogP) is 4.07. The Bertz CT molecular complexity index is 499. The van der Waals surface area contributed by atoms with E-state index in [0.717, 1.165) is 22.5 Å². The fourth-order valence-corrected chi connectivity index (χ4v) is 2.01. The molecule has 1 N–H and O–H groups in total. The van der Waals surface area contributed by atoms with Crippen molar-refractivity contribution in [2.45, 2.75) is 6.54 Å². The van der Waals surface area contributed by atoms with Crippen molar-refractivity contribution in [1.29, 1.82) is 0 Å². The molecule has 2 aromatic rings. The molecule has 2 nitrogen and oxygen atoms in total. The van der Waals surface area contributed by atoms with Gasteiger partial charge in [0.15, 0.2) is 0 Å². The molecule has 0 fully saturated rings. The number of methoxy groups -OCH3 is 1. The van der Waals surface area contributed by atoms with Gasteiger partial charge in [0, 0.05) is 16.7 Å². The summed E-state index contributed by atoms with van der Waals surface area (Å²) in [5.74, 6) is 0.886. The van der Waals surface area contributed by atoms with Gasteiger partial charge in [-0.2, -0.15) is 0 Å². The zero-order valence-corrected chi connectivity index (χ0v) is 11.2. The van der Waals surface area contributed by atoms with Crippen LogP contribution < -0.4 is 10.1 Å². The molecule has 2 rings (SSSR count). The van der Waals surface area contributed by atoms with E-state index in [1.54, 1.807) is 7.11 Å². The lowest BCUT2D eigenvalue weighted by atomic mass is 10.2. The van der Waals surface area contributed by atoms with E-state index in [-0.39, 0.29) is 0 Å². The Labute approximate surface area is 110 Å². The van der Waals surface area contributed by atoms with Crippen molar-refractivity contribution in [1.82, 2.24) is 0 Å². The molecule has 0 saturated heterocycles. The fraction of sp³-hybridized carbons (Fsp3) is 0.143. The van der Waals surface area contributed by atoms with Crippen LogP contribution in [0.3, 0.4) is 0 Å². The summed E-state index contributed by atoms with van der Waals surface area (Å²) in [6.07, 6.45) is 0. The lowest BCUT2D eigenvalue weighted by molar-refractivity contribution is 0.414. The molecule has 3 heteroatoms. The molecule has 0 heterocycles. The summed E-state index contributed by atoms with van der Waals surface area (Å²) in [6, 6.07) is 16.1. The molecule has 17 heavy (non-hydrogen) atoms. The van der Waals surface area contributed by atoms with Crippen LogP contribution in [0.5, 0.6) is 5.75 Å². The lowest BCUT2D eigenvalue weighted by Crippen LogP contribution is -2.00. The van der Waals surface area contributed by atoms with Gasteiger partial charge in [0.05, 0.1) is 7.11 Å². The van der Waals surface area contributed by atoms with Gasteiger partial charge in [0.25, 0.3) is 0 Å². The van der Waals surface area contributed by atoms with Gasteiger partial charge in [-0.25, -0.2) is 0 Å². The summed E-state index contributed by atoms with van der Waals surface area (Å²) >= 11 is 3.51. The van der Waals surface area contributed by atoms with Crippen LogP contribution in [-0.4, -0.2) is 7.11 Å². The Morgan fingerprint density at radius 2 is 1.94 bits per heavy atom. The van der Waals surface area contributed by atoms with Gasteiger partial charge in [-0.05, 0) is 45.8 Å². The fourth-order valence-electron chi connectivity index (χ4n) is 1.58. The quantitative estimate of drug-likeness (QED) is 0.917. The molecule has 88 valence electrons. The van der Waals surface area contributed by atoms with Gasteiger partial charge in [0.1, 0.15) is 5.75 Å². The Kier molecular flexibility index (Phi) is 4.04. The van der Waals surface area contributed by atoms with Crippen LogP contribution in [-0.2, 0) is 6.54 Å². The Morgan fingerprint density at radius 1 is 1.12 bits per heavy atom. The number of hydrogen-bond acceptors (Lipinski definition) is 2. The lowest BCUT2D eigenvalue weighted by Gasteiger charge is -2.09. The van der Waals surface area contributed by atoms with E-state index in [2.05, 4.69) is 27.3 Å². The molecule has 0 amide bonds. The molecule has 0 atom stereocenters. The van der Waals surface area contributed by atoms with E-state index in [0.29, 0.717) is 0 Å². The zero-order valence-electron chi connectivity index (χ0n) is 9.61. The number of halogens is 1. The van der Waals surface area contributed by atoms with Crippen molar-refractivity contribution in [3.63, 3.8) is 0 Å². The molecular weight excluding hydrogens is 278 g/mol. The molecule has 0 aromatic heterocycles. The highest BCUT2D eigenvalue weighted by molar-refractivity contribution is 9.10.